The summed E-state index contributed by atoms with van der Waals surface area (Å²) in [5.41, 5.74) is 0.862. The van der Waals surface area contributed by atoms with Gasteiger partial charge in [0.2, 0.25) is 0 Å². The van der Waals surface area contributed by atoms with Crippen LogP contribution in [0.25, 0.3) is 10.9 Å². The van der Waals surface area contributed by atoms with Gasteiger partial charge in [-0.3, -0.25) is 9.88 Å². The number of hydrogen-bond donors (Lipinski definition) is 0. The SMILES string of the molecule is Clc1ccnc2cc(OCCN3CCOCC3)ccc12. The smallest absolute Gasteiger partial charge is 0.121 e. The number of ether oxygens (including phenoxy) is 2. The normalized spacial score (nSPS) is 16.4. The lowest BCUT2D eigenvalue weighted by Crippen LogP contribution is -2.38. The second-order valence-electron chi connectivity index (χ2n) is 4.77. The van der Waals surface area contributed by atoms with Gasteiger partial charge in [-0.2, -0.15) is 0 Å². The Morgan fingerprint density at radius 1 is 1.25 bits per heavy atom. The topological polar surface area (TPSA) is 34.6 Å². The number of benzene rings is 1. The molecule has 0 unspecified atom stereocenters. The molecule has 0 aliphatic carbocycles. The highest BCUT2D eigenvalue weighted by Gasteiger charge is 2.10. The van der Waals surface area contributed by atoms with E-state index in [1.807, 2.05) is 18.2 Å². The molecule has 0 radical (unpaired) electrons. The van der Waals surface area contributed by atoms with Crippen LogP contribution in [0.15, 0.2) is 30.5 Å². The number of fused-ring (bicyclic) bond motifs is 1. The van der Waals surface area contributed by atoms with E-state index in [1.54, 1.807) is 12.3 Å². The van der Waals surface area contributed by atoms with Crippen LogP contribution in [0.2, 0.25) is 5.02 Å². The van der Waals surface area contributed by atoms with Gasteiger partial charge in [0.1, 0.15) is 12.4 Å². The van der Waals surface area contributed by atoms with Crippen LogP contribution in [-0.4, -0.2) is 49.3 Å². The number of rotatable bonds is 4. The molecule has 0 spiro atoms. The van der Waals surface area contributed by atoms with Crippen molar-refractivity contribution < 1.29 is 9.47 Å². The molecule has 1 aliphatic heterocycles. The molecule has 5 heteroatoms. The average Bonchev–Trinajstić information content (AvgIpc) is 2.48. The summed E-state index contributed by atoms with van der Waals surface area (Å²) < 4.78 is 11.1. The number of morpholine rings is 1. The summed E-state index contributed by atoms with van der Waals surface area (Å²) >= 11 is 6.12. The zero-order valence-electron chi connectivity index (χ0n) is 11.2. The van der Waals surface area contributed by atoms with Crippen LogP contribution in [0, 0.1) is 0 Å². The molecular formula is C15H17ClN2O2. The van der Waals surface area contributed by atoms with E-state index in [-0.39, 0.29) is 0 Å². The summed E-state index contributed by atoms with van der Waals surface area (Å²) in [4.78, 5) is 6.66. The van der Waals surface area contributed by atoms with E-state index in [2.05, 4.69) is 9.88 Å². The van der Waals surface area contributed by atoms with Crippen molar-refractivity contribution in [1.29, 1.82) is 0 Å². The van der Waals surface area contributed by atoms with Gasteiger partial charge in [-0.05, 0) is 18.2 Å². The molecule has 0 N–H and O–H groups in total. The first kappa shape index (κ1) is 13.6. The monoisotopic (exact) mass is 292 g/mol. The molecule has 20 heavy (non-hydrogen) atoms. The van der Waals surface area contributed by atoms with Crippen LogP contribution in [0.4, 0.5) is 0 Å². The van der Waals surface area contributed by atoms with Crippen LogP contribution in [0.1, 0.15) is 0 Å². The number of aromatic nitrogens is 1. The Kier molecular flexibility index (Phi) is 4.35. The van der Waals surface area contributed by atoms with Crippen molar-refractivity contribution in [1.82, 2.24) is 9.88 Å². The first-order valence-electron chi connectivity index (χ1n) is 6.80. The van der Waals surface area contributed by atoms with Gasteiger partial charge in [0.25, 0.3) is 0 Å². The van der Waals surface area contributed by atoms with Gasteiger partial charge in [0, 0.05) is 37.3 Å². The fourth-order valence-corrected chi connectivity index (χ4v) is 2.52. The zero-order chi connectivity index (χ0) is 13.8. The molecule has 1 fully saturated rings. The Balaban J connectivity index is 1.60. The molecular weight excluding hydrogens is 276 g/mol. The second kappa shape index (κ2) is 6.39. The predicted octanol–water partition coefficient (Wildman–Crippen LogP) is 2.60. The molecule has 2 aromatic rings. The zero-order valence-corrected chi connectivity index (χ0v) is 12.0. The second-order valence-corrected chi connectivity index (χ2v) is 5.18. The van der Waals surface area contributed by atoms with Crippen molar-refractivity contribution in [2.75, 3.05) is 39.5 Å². The van der Waals surface area contributed by atoms with Crippen LogP contribution in [-0.2, 0) is 4.74 Å². The van der Waals surface area contributed by atoms with Gasteiger partial charge < -0.3 is 9.47 Å². The first-order chi connectivity index (χ1) is 9.83. The van der Waals surface area contributed by atoms with Crippen LogP contribution < -0.4 is 4.74 Å². The highest BCUT2D eigenvalue weighted by atomic mass is 35.5. The minimum absolute atomic E-state index is 0.673. The van der Waals surface area contributed by atoms with Gasteiger partial charge in [0.05, 0.1) is 23.8 Å². The van der Waals surface area contributed by atoms with Crippen molar-refractivity contribution in [2.45, 2.75) is 0 Å². The minimum Gasteiger partial charge on any atom is -0.492 e. The van der Waals surface area contributed by atoms with Gasteiger partial charge in [-0.25, -0.2) is 0 Å². The summed E-state index contributed by atoms with van der Waals surface area (Å²) in [7, 11) is 0. The standard InChI is InChI=1S/C15H17ClN2O2/c16-14-3-4-17-15-11-12(1-2-13(14)15)20-10-7-18-5-8-19-9-6-18/h1-4,11H,5-10H2. The number of pyridine rings is 1. The molecule has 2 heterocycles. The van der Waals surface area contributed by atoms with Crippen molar-refractivity contribution in [3.05, 3.63) is 35.5 Å². The Labute approximate surface area is 123 Å². The Bertz CT molecular complexity index is 585. The Morgan fingerprint density at radius 2 is 2.10 bits per heavy atom. The van der Waals surface area contributed by atoms with Crippen molar-refractivity contribution in [3.63, 3.8) is 0 Å². The van der Waals surface area contributed by atoms with Gasteiger partial charge >= 0.3 is 0 Å². The van der Waals surface area contributed by atoms with Crippen molar-refractivity contribution >= 4 is 22.5 Å². The molecule has 0 amide bonds. The van der Waals surface area contributed by atoms with E-state index < -0.39 is 0 Å². The van der Waals surface area contributed by atoms with Crippen LogP contribution in [0.3, 0.4) is 0 Å². The summed E-state index contributed by atoms with van der Waals surface area (Å²) in [5.74, 6) is 0.834. The molecule has 1 aromatic carbocycles. The van der Waals surface area contributed by atoms with E-state index in [1.165, 1.54) is 0 Å². The van der Waals surface area contributed by atoms with E-state index in [9.17, 15) is 0 Å². The fourth-order valence-electron chi connectivity index (χ4n) is 2.30. The van der Waals surface area contributed by atoms with E-state index in [0.717, 1.165) is 54.5 Å². The molecule has 1 saturated heterocycles. The molecule has 1 aromatic heterocycles. The molecule has 0 atom stereocenters. The third kappa shape index (κ3) is 3.20. The highest BCUT2D eigenvalue weighted by Crippen LogP contribution is 2.25. The molecule has 4 nitrogen and oxygen atoms in total. The number of nitrogens with zero attached hydrogens (tertiary/aromatic N) is 2. The minimum atomic E-state index is 0.673. The molecule has 3 rings (SSSR count). The highest BCUT2D eigenvalue weighted by molar-refractivity contribution is 6.35. The predicted molar refractivity (Wildman–Crippen MR) is 79.5 cm³/mol. The van der Waals surface area contributed by atoms with E-state index in [0.29, 0.717) is 6.61 Å². The lowest BCUT2D eigenvalue weighted by Gasteiger charge is -2.26. The van der Waals surface area contributed by atoms with Crippen molar-refractivity contribution in [3.8, 4) is 5.75 Å². The summed E-state index contributed by atoms with van der Waals surface area (Å²) in [6.07, 6.45) is 1.71. The van der Waals surface area contributed by atoms with Gasteiger partial charge in [0.15, 0.2) is 0 Å². The maximum Gasteiger partial charge on any atom is 0.121 e. The largest absolute Gasteiger partial charge is 0.492 e. The third-order valence-electron chi connectivity index (χ3n) is 3.44. The Morgan fingerprint density at radius 3 is 2.95 bits per heavy atom. The lowest BCUT2D eigenvalue weighted by molar-refractivity contribution is 0.0322. The van der Waals surface area contributed by atoms with Gasteiger partial charge in [-0.1, -0.05) is 11.6 Å². The molecule has 0 saturated carbocycles. The molecule has 106 valence electrons. The van der Waals surface area contributed by atoms with Crippen LogP contribution in [0.5, 0.6) is 5.75 Å². The average molecular weight is 293 g/mol. The molecule has 0 bridgehead atoms. The maximum absolute atomic E-state index is 6.12. The lowest BCUT2D eigenvalue weighted by atomic mass is 10.2. The summed E-state index contributed by atoms with van der Waals surface area (Å²) in [6.45, 7) is 5.20. The summed E-state index contributed by atoms with van der Waals surface area (Å²) in [5, 5.41) is 1.67. The van der Waals surface area contributed by atoms with Crippen molar-refractivity contribution in [2.24, 2.45) is 0 Å². The fraction of sp³-hybridized carbons (Fsp3) is 0.400. The van der Waals surface area contributed by atoms with E-state index >= 15 is 0 Å². The quantitative estimate of drug-likeness (QED) is 0.867. The van der Waals surface area contributed by atoms with Crippen LogP contribution >= 0.6 is 11.6 Å². The maximum atomic E-state index is 6.12. The van der Waals surface area contributed by atoms with Gasteiger partial charge in [-0.15, -0.1) is 0 Å². The molecule has 1 aliphatic rings. The first-order valence-corrected chi connectivity index (χ1v) is 7.18. The number of hydrogen-bond acceptors (Lipinski definition) is 4. The summed E-state index contributed by atoms with van der Waals surface area (Å²) in [6, 6.07) is 7.62. The Hall–Kier alpha value is -1.36. The number of halogens is 1. The third-order valence-corrected chi connectivity index (χ3v) is 3.77. The van der Waals surface area contributed by atoms with E-state index in [4.69, 9.17) is 21.1 Å².